The molecule has 0 saturated carbocycles. The number of aromatic nitrogens is 1. The summed E-state index contributed by atoms with van der Waals surface area (Å²) in [7, 11) is 0. The van der Waals surface area contributed by atoms with E-state index < -0.39 is 11.9 Å². The van der Waals surface area contributed by atoms with E-state index in [0.717, 1.165) is 6.07 Å². The molecule has 7 heteroatoms. The third-order valence-corrected chi connectivity index (χ3v) is 2.63. The van der Waals surface area contributed by atoms with Crippen molar-refractivity contribution in [2.75, 3.05) is 0 Å². The average Bonchev–Trinajstić information content (AvgIpc) is 2.73. The van der Waals surface area contributed by atoms with Crippen molar-refractivity contribution < 1.29 is 13.2 Å². The zero-order chi connectivity index (χ0) is 13.3. The molecule has 1 aromatic carbocycles. The molecule has 0 spiro atoms. The minimum atomic E-state index is -4.50. The Morgan fingerprint density at radius 2 is 1.74 bits per heavy atom. The van der Waals surface area contributed by atoms with Crippen LogP contribution in [0.1, 0.15) is 11.3 Å². The van der Waals surface area contributed by atoms with Crippen molar-refractivity contribution in [3.8, 4) is 17.3 Å². The molecule has 0 fully saturated rings. The van der Waals surface area contributed by atoms with Gasteiger partial charge in [-0.05, 0) is 23.8 Å². The van der Waals surface area contributed by atoms with Crippen molar-refractivity contribution in [1.29, 1.82) is 5.26 Å². The highest BCUT2D eigenvalue weighted by atomic mass is 79.9. The Morgan fingerprint density at radius 3 is 2.21 bits per heavy atom. The van der Waals surface area contributed by atoms with Crippen LogP contribution in [0.3, 0.4) is 0 Å². The summed E-state index contributed by atoms with van der Waals surface area (Å²) in [6.45, 7) is 0. The van der Waals surface area contributed by atoms with Gasteiger partial charge in [0.2, 0.25) is 0 Å². The van der Waals surface area contributed by atoms with E-state index in [2.05, 4.69) is 4.98 Å². The zero-order valence-corrected chi connectivity index (χ0v) is 11.7. The first-order valence-electron chi connectivity index (χ1n) is 4.88. The molecule has 0 saturated heterocycles. The van der Waals surface area contributed by atoms with Crippen LogP contribution in [-0.4, -0.2) is 4.98 Å². The Kier molecular flexibility index (Phi) is 4.66. The van der Waals surface area contributed by atoms with E-state index in [9.17, 15) is 13.2 Å². The van der Waals surface area contributed by atoms with Crippen LogP contribution in [0, 0.1) is 11.3 Å². The molecule has 1 aromatic heterocycles. The number of benzene rings is 1. The fourth-order valence-electron chi connectivity index (χ4n) is 1.54. The first kappa shape index (κ1) is 15.6. The highest BCUT2D eigenvalue weighted by Gasteiger charge is 2.33. The van der Waals surface area contributed by atoms with E-state index in [1.165, 1.54) is 0 Å². The Labute approximate surface area is 122 Å². The molecule has 0 amide bonds. The van der Waals surface area contributed by atoms with E-state index in [1.54, 1.807) is 30.3 Å². The summed E-state index contributed by atoms with van der Waals surface area (Å²) in [5.74, 6) is 0. The quantitative estimate of drug-likeness (QED) is 0.787. The smallest absolute Gasteiger partial charge is 0.350 e. The highest BCUT2D eigenvalue weighted by Crippen LogP contribution is 2.33. The largest absolute Gasteiger partial charge is 0.431 e. The standard InChI is InChI=1S/C12H6ClF3N2.BrH/c13-9-3-1-7(2-4-9)11-8(6-17)5-10(18-11)12(14,15)16;/h1-5,18H;1H. The lowest BCUT2D eigenvalue weighted by Crippen LogP contribution is -2.04. The van der Waals surface area contributed by atoms with Gasteiger partial charge < -0.3 is 4.98 Å². The molecular weight excluding hydrogens is 344 g/mol. The Balaban J connectivity index is 0.00000180. The summed E-state index contributed by atoms with van der Waals surface area (Å²) in [6, 6.07) is 8.73. The monoisotopic (exact) mass is 350 g/mol. The maximum Gasteiger partial charge on any atom is 0.431 e. The van der Waals surface area contributed by atoms with Crippen LogP contribution in [0.25, 0.3) is 11.3 Å². The first-order valence-corrected chi connectivity index (χ1v) is 5.26. The van der Waals surface area contributed by atoms with Crippen molar-refractivity contribution in [3.63, 3.8) is 0 Å². The minimum Gasteiger partial charge on any atom is -0.350 e. The number of alkyl halides is 3. The maximum atomic E-state index is 12.5. The van der Waals surface area contributed by atoms with Gasteiger partial charge in [0.1, 0.15) is 11.8 Å². The van der Waals surface area contributed by atoms with Gasteiger partial charge in [0.25, 0.3) is 0 Å². The van der Waals surface area contributed by atoms with Gasteiger partial charge >= 0.3 is 6.18 Å². The average molecular weight is 352 g/mol. The van der Waals surface area contributed by atoms with E-state index in [0.29, 0.717) is 10.6 Å². The molecule has 2 aromatic rings. The molecule has 2 nitrogen and oxygen atoms in total. The van der Waals surface area contributed by atoms with Crippen LogP contribution in [0.15, 0.2) is 30.3 Å². The number of rotatable bonds is 1. The number of nitrogens with one attached hydrogen (secondary N) is 1. The van der Waals surface area contributed by atoms with Gasteiger partial charge in [-0.15, -0.1) is 17.0 Å². The summed E-state index contributed by atoms with van der Waals surface area (Å²) < 4.78 is 37.6. The van der Waals surface area contributed by atoms with E-state index >= 15 is 0 Å². The number of hydrogen-bond donors (Lipinski definition) is 1. The van der Waals surface area contributed by atoms with Crippen molar-refractivity contribution in [3.05, 3.63) is 46.6 Å². The molecule has 0 radical (unpaired) electrons. The number of nitriles is 1. The van der Waals surface area contributed by atoms with Gasteiger partial charge in [0.05, 0.1) is 11.3 Å². The van der Waals surface area contributed by atoms with Gasteiger partial charge in [-0.25, -0.2) is 0 Å². The van der Waals surface area contributed by atoms with E-state index in [4.69, 9.17) is 16.9 Å². The molecule has 1 N–H and O–H groups in total. The number of nitrogens with zero attached hydrogens (tertiary/aromatic N) is 1. The van der Waals surface area contributed by atoms with Crippen LogP contribution in [0.2, 0.25) is 5.02 Å². The Hall–Kier alpha value is -1.45. The molecule has 0 aliphatic rings. The minimum absolute atomic E-state index is 0. The normalized spacial score (nSPS) is 10.7. The third kappa shape index (κ3) is 3.31. The molecule has 2 rings (SSSR count). The molecule has 1 heterocycles. The van der Waals surface area contributed by atoms with Crippen molar-refractivity contribution in [2.45, 2.75) is 6.18 Å². The predicted octanol–water partition coefficient (Wildman–Crippen LogP) is 4.80. The van der Waals surface area contributed by atoms with Crippen LogP contribution in [0.4, 0.5) is 13.2 Å². The van der Waals surface area contributed by atoms with Crippen LogP contribution in [0.5, 0.6) is 0 Å². The summed E-state index contributed by atoms with van der Waals surface area (Å²) >= 11 is 5.70. The van der Waals surface area contributed by atoms with Crippen LogP contribution < -0.4 is 0 Å². The Bertz CT molecular complexity index is 611. The van der Waals surface area contributed by atoms with Crippen molar-refractivity contribution >= 4 is 28.6 Å². The van der Waals surface area contributed by atoms with Gasteiger partial charge in [-0.1, -0.05) is 23.7 Å². The lowest BCUT2D eigenvalue weighted by Gasteiger charge is -2.03. The number of hydrogen-bond acceptors (Lipinski definition) is 1. The zero-order valence-electron chi connectivity index (χ0n) is 9.25. The lowest BCUT2D eigenvalue weighted by molar-refractivity contribution is -0.140. The highest BCUT2D eigenvalue weighted by molar-refractivity contribution is 8.93. The first-order chi connectivity index (χ1) is 8.41. The SMILES string of the molecule is Br.N#Cc1cc(C(F)(F)F)[nH]c1-c1ccc(Cl)cc1. The number of H-pyrrole nitrogens is 1. The molecule has 0 atom stereocenters. The topological polar surface area (TPSA) is 39.6 Å². The molecule has 0 aliphatic carbocycles. The fourth-order valence-corrected chi connectivity index (χ4v) is 1.67. The summed E-state index contributed by atoms with van der Waals surface area (Å²) in [5, 5.41) is 9.32. The van der Waals surface area contributed by atoms with Crippen LogP contribution in [-0.2, 0) is 6.18 Å². The second-order valence-corrected chi connectivity index (χ2v) is 4.02. The van der Waals surface area contributed by atoms with E-state index in [1.807, 2.05) is 0 Å². The molecule has 100 valence electrons. The lowest BCUT2D eigenvalue weighted by atomic mass is 10.1. The molecule has 0 unspecified atom stereocenters. The van der Waals surface area contributed by atoms with Gasteiger partial charge in [-0.2, -0.15) is 18.4 Å². The second-order valence-electron chi connectivity index (χ2n) is 3.59. The van der Waals surface area contributed by atoms with E-state index in [-0.39, 0.29) is 28.2 Å². The molecule has 0 bridgehead atoms. The van der Waals surface area contributed by atoms with Gasteiger partial charge in [0, 0.05) is 5.02 Å². The molecule has 19 heavy (non-hydrogen) atoms. The predicted molar refractivity (Wildman–Crippen MR) is 71.3 cm³/mol. The second kappa shape index (κ2) is 5.68. The summed E-state index contributed by atoms with van der Waals surface area (Å²) in [4.78, 5) is 2.22. The van der Waals surface area contributed by atoms with Gasteiger partial charge in [-0.3, -0.25) is 0 Å². The van der Waals surface area contributed by atoms with Crippen molar-refractivity contribution in [1.82, 2.24) is 4.98 Å². The van der Waals surface area contributed by atoms with Crippen molar-refractivity contribution in [2.24, 2.45) is 0 Å². The number of halogens is 5. The molecular formula is C12H7BrClF3N2. The number of aromatic amines is 1. The summed E-state index contributed by atoms with van der Waals surface area (Å²) in [6.07, 6.45) is -4.50. The third-order valence-electron chi connectivity index (χ3n) is 2.38. The summed E-state index contributed by atoms with van der Waals surface area (Å²) in [5.41, 5.74) is -0.374. The molecule has 0 aliphatic heterocycles. The van der Waals surface area contributed by atoms with Crippen LogP contribution >= 0.6 is 28.6 Å². The maximum absolute atomic E-state index is 12.5. The fraction of sp³-hybridized carbons (Fsp3) is 0.0833. The van der Waals surface area contributed by atoms with Gasteiger partial charge in [0.15, 0.2) is 0 Å². The Morgan fingerprint density at radius 1 is 1.16 bits per heavy atom.